The summed E-state index contributed by atoms with van der Waals surface area (Å²) in [6.07, 6.45) is 0. The molecule has 3 rings (SSSR count). The van der Waals surface area contributed by atoms with Crippen LogP contribution in [0, 0.1) is 10.1 Å². The van der Waals surface area contributed by atoms with E-state index in [2.05, 4.69) is 10.2 Å². The summed E-state index contributed by atoms with van der Waals surface area (Å²) in [7, 11) is 0. The Labute approximate surface area is 146 Å². The van der Waals surface area contributed by atoms with Gasteiger partial charge >= 0.3 is 0 Å². The summed E-state index contributed by atoms with van der Waals surface area (Å²) in [4.78, 5) is 10.4. The third-order valence-corrected chi connectivity index (χ3v) is 4.22. The first-order valence-corrected chi connectivity index (χ1v) is 8.14. The average molecular weight is 363 g/mol. The number of thioether (sulfide) groups is 1. The van der Waals surface area contributed by atoms with Gasteiger partial charge in [0.15, 0.2) is 0 Å². The zero-order chi connectivity index (χ0) is 17.1. The van der Waals surface area contributed by atoms with Crippen LogP contribution in [0.15, 0.2) is 52.1 Å². The van der Waals surface area contributed by atoms with Crippen molar-refractivity contribution < 1.29 is 9.34 Å². The number of non-ortho nitro benzene ring substituents is 1. The molecule has 7 nitrogen and oxygen atoms in total. The van der Waals surface area contributed by atoms with Gasteiger partial charge in [0.2, 0.25) is 5.89 Å². The predicted octanol–water partition coefficient (Wildman–Crippen LogP) is 4.17. The maximum absolute atomic E-state index is 10.9. The molecule has 0 saturated heterocycles. The Hall–Kier alpha value is -2.58. The normalized spacial score (nSPS) is 10.7. The molecule has 0 fully saturated rings. The molecule has 0 atom stereocenters. The zero-order valence-electron chi connectivity index (χ0n) is 12.2. The van der Waals surface area contributed by atoms with Crippen LogP contribution in [-0.2, 0) is 5.75 Å². The Morgan fingerprint density at radius 1 is 1.21 bits per heavy atom. The standard InChI is InChI=1S/C15H11ClN4O3S/c16-11-3-1-9(2-4-11)8-24-15-19-18-14(23-15)10-5-12(17)7-13(6-10)20(21)22/h1-7H,8,17H2. The molecule has 1 aromatic heterocycles. The lowest BCUT2D eigenvalue weighted by Gasteiger charge is -1.99. The molecule has 0 saturated carbocycles. The smallest absolute Gasteiger partial charge is 0.277 e. The molecule has 122 valence electrons. The number of nitro benzene ring substituents is 1. The molecule has 0 unspecified atom stereocenters. The van der Waals surface area contributed by atoms with Crippen LogP contribution in [0.3, 0.4) is 0 Å². The molecule has 0 radical (unpaired) electrons. The van der Waals surface area contributed by atoms with E-state index in [9.17, 15) is 10.1 Å². The number of nitrogen functional groups attached to an aromatic ring is 1. The van der Waals surface area contributed by atoms with Crippen molar-refractivity contribution in [2.24, 2.45) is 0 Å². The minimum absolute atomic E-state index is 0.126. The van der Waals surface area contributed by atoms with Crippen molar-refractivity contribution in [1.82, 2.24) is 10.2 Å². The molecule has 9 heteroatoms. The summed E-state index contributed by atoms with van der Waals surface area (Å²) < 4.78 is 5.54. The van der Waals surface area contributed by atoms with E-state index in [0.717, 1.165) is 5.56 Å². The lowest BCUT2D eigenvalue weighted by molar-refractivity contribution is -0.384. The Morgan fingerprint density at radius 2 is 1.96 bits per heavy atom. The Kier molecular flexibility index (Phi) is 4.68. The van der Waals surface area contributed by atoms with Crippen LogP contribution >= 0.6 is 23.4 Å². The van der Waals surface area contributed by atoms with E-state index in [-0.39, 0.29) is 17.3 Å². The van der Waals surface area contributed by atoms with Crippen molar-refractivity contribution >= 4 is 34.7 Å². The molecule has 24 heavy (non-hydrogen) atoms. The van der Waals surface area contributed by atoms with E-state index in [0.29, 0.717) is 21.6 Å². The van der Waals surface area contributed by atoms with Gasteiger partial charge in [-0.1, -0.05) is 35.5 Å². The third-order valence-electron chi connectivity index (χ3n) is 3.08. The van der Waals surface area contributed by atoms with Crippen molar-refractivity contribution in [3.63, 3.8) is 0 Å². The van der Waals surface area contributed by atoms with Gasteiger partial charge in [0, 0.05) is 34.2 Å². The van der Waals surface area contributed by atoms with Gasteiger partial charge in [-0.15, -0.1) is 10.2 Å². The molecular formula is C15H11ClN4O3S. The van der Waals surface area contributed by atoms with Gasteiger partial charge < -0.3 is 10.2 Å². The van der Waals surface area contributed by atoms with Crippen LogP contribution in [0.1, 0.15) is 5.56 Å². The highest BCUT2D eigenvalue weighted by Crippen LogP contribution is 2.29. The van der Waals surface area contributed by atoms with Crippen molar-refractivity contribution in [3.8, 4) is 11.5 Å². The Balaban J connectivity index is 1.75. The van der Waals surface area contributed by atoms with Crippen molar-refractivity contribution in [3.05, 3.63) is 63.2 Å². The lowest BCUT2D eigenvalue weighted by Crippen LogP contribution is -1.92. The Bertz CT molecular complexity index is 883. The van der Waals surface area contributed by atoms with Crippen molar-refractivity contribution in [2.45, 2.75) is 11.0 Å². The third kappa shape index (κ3) is 3.84. The summed E-state index contributed by atoms with van der Waals surface area (Å²) in [6, 6.07) is 11.6. The van der Waals surface area contributed by atoms with Crippen LogP contribution in [0.5, 0.6) is 0 Å². The highest BCUT2D eigenvalue weighted by Gasteiger charge is 2.15. The molecule has 0 amide bonds. The quantitative estimate of drug-likeness (QED) is 0.314. The monoisotopic (exact) mass is 362 g/mol. The van der Waals surface area contributed by atoms with Gasteiger partial charge in [-0.05, 0) is 23.8 Å². The minimum Gasteiger partial charge on any atom is -0.411 e. The fourth-order valence-electron chi connectivity index (χ4n) is 1.97. The SMILES string of the molecule is Nc1cc(-c2nnc(SCc3ccc(Cl)cc3)o2)cc([N+](=O)[O-])c1. The number of nitrogens with two attached hydrogens (primary N) is 1. The summed E-state index contributed by atoms with van der Waals surface area (Å²) in [5, 5.41) is 19.8. The Morgan fingerprint density at radius 3 is 2.67 bits per heavy atom. The van der Waals surface area contributed by atoms with Crippen LogP contribution in [-0.4, -0.2) is 15.1 Å². The van der Waals surface area contributed by atoms with E-state index in [1.54, 1.807) is 6.07 Å². The first kappa shape index (κ1) is 16.3. The summed E-state index contributed by atoms with van der Waals surface area (Å²) in [6.45, 7) is 0. The molecule has 0 aliphatic rings. The van der Waals surface area contributed by atoms with E-state index in [4.69, 9.17) is 21.8 Å². The van der Waals surface area contributed by atoms with Gasteiger partial charge in [0.1, 0.15) is 0 Å². The van der Waals surface area contributed by atoms with Crippen LogP contribution in [0.2, 0.25) is 5.02 Å². The topological polar surface area (TPSA) is 108 Å². The molecule has 1 heterocycles. The molecule has 0 aliphatic carbocycles. The number of benzene rings is 2. The molecule has 2 aromatic carbocycles. The number of anilines is 1. The van der Waals surface area contributed by atoms with E-state index >= 15 is 0 Å². The first-order valence-electron chi connectivity index (χ1n) is 6.77. The molecule has 0 bridgehead atoms. The molecule has 0 aliphatic heterocycles. The van der Waals surface area contributed by atoms with Gasteiger partial charge in [0.25, 0.3) is 10.9 Å². The first-order chi connectivity index (χ1) is 11.5. The number of hydrogen-bond acceptors (Lipinski definition) is 7. The van der Waals surface area contributed by atoms with Gasteiger partial charge in [-0.25, -0.2) is 0 Å². The van der Waals surface area contributed by atoms with Gasteiger partial charge in [-0.2, -0.15) is 0 Å². The second-order valence-electron chi connectivity index (χ2n) is 4.86. The molecule has 3 aromatic rings. The maximum atomic E-state index is 10.9. The minimum atomic E-state index is -0.521. The van der Waals surface area contributed by atoms with Crippen molar-refractivity contribution in [1.29, 1.82) is 0 Å². The number of aromatic nitrogens is 2. The second kappa shape index (κ2) is 6.90. The summed E-state index contributed by atoms with van der Waals surface area (Å²) in [5.74, 6) is 0.819. The lowest BCUT2D eigenvalue weighted by atomic mass is 10.2. The van der Waals surface area contributed by atoms with Crippen molar-refractivity contribution in [2.75, 3.05) is 5.73 Å². The largest absolute Gasteiger partial charge is 0.411 e. The number of nitrogens with zero attached hydrogens (tertiary/aromatic N) is 3. The number of halogens is 1. The maximum Gasteiger partial charge on any atom is 0.277 e. The zero-order valence-corrected chi connectivity index (χ0v) is 13.8. The van der Waals surface area contributed by atoms with Crippen LogP contribution < -0.4 is 5.73 Å². The van der Waals surface area contributed by atoms with E-state index in [1.165, 1.54) is 23.9 Å². The molecular weight excluding hydrogens is 352 g/mol. The number of hydrogen-bond donors (Lipinski definition) is 1. The average Bonchev–Trinajstić information content (AvgIpc) is 3.03. The molecule has 2 N–H and O–H groups in total. The second-order valence-corrected chi connectivity index (χ2v) is 6.22. The van der Waals surface area contributed by atoms with E-state index in [1.807, 2.05) is 24.3 Å². The van der Waals surface area contributed by atoms with E-state index < -0.39 is 4.92 Å². The predicted molar refractivity (Wildman–Crippen MR) is 91.8 cm³/mol. The van der Waals surface area contributed by atoms with Crippen LogP contribution in [0.4, 0.5) is 11.4 Å². The van der Waals surface area contributed by atoms with Crippen LogP contribution in [0.25, 0.3) is 11.5 Å². The van der Waals surface area contributed by atoms with Gasteiger partial charge in [-0.3, -0.25) is 10.1 Å². The number of rotatable bonds is 5. The number of nitro groups is 1. The summed E-state index contributed by atoms with van der Waals surface area (Å²) in [5.41, 5.74) is 7.28. The highest BCUT2D eigenvalue weighted by atomic mass is 35.5. The highest BCUT2D eigenvalue weighted by molar-refractivity contribution is 7.98. The molecule has 0 spiro atoms. The van der Waals surface area contributed by atoms with Gasteiger partial charge in [0.05, 0.1) is 4.92 Å². The fourth-order valence-corrected chi connectivity index (χ4v) is 2.82. The fraction of sp³-hybridized carbons (Fsp3) is 0.0667. The summed E-state index contributed by atoms with van der Waals surface area (Å²) >= 11 is 7.20.